The minimum Gasteiger partial charge on any atom is -0.350 e. The molecule has 1 fully saturated rings. The van der Waals surface area contributed by atoms with Crippen LogP contribution < -0.4 is 10.6 Å². The Morgan fingerprint density at radius 1 is 1.19 bits per heavy atom. The van der Waals surface area contributed by atoms with E-state index >= 15 is 4.39 Å². The number of anilines is 1. The lowest BCUT2D eigenvalue weighted by Gasteiger charge is -2.40. The average molecular weight is 566 g/mol. The zero-order valence-corrected chi connectivity index (χ0v) is 24.3. The SMILES string of the molecule is C=CC(=O)N1CCN(c2nc(=O)n(-c3c(C)ccnc3C(C)C)c3nc(-c4cc(C)ccc4F)c(C#N)cc23)C(C)C1. The molecule has 0 bridgehead atoms. The van der Waals surface area contributed by atoms with Crippen molar-refractivity contribution in [3.63, 3.8) is 0 Å². The molecule has 4 aromatic rings. The second kappa shape index (κ2) is 11.2. The average Bonchev–Trinajstić information content (AvgIpc) is 2.97. The smallest absolute Gasteiger partial charge is 0.350 e. The molecular formula is C32H32FN7O2. The minimum atomic E-state index is -0.569. The van der Waals surface area contributed by atoms with Gasteiger partial charge in [0.25, 0.3) is 0 Å². The van der Waals surface area contributed by atoms with Crippen molar-refractivity contribution in [1.82, 2.24) is 24.4 Å². The number of nitriles is 1. The Morgan fingerprint density at radius 2 is 1.95 bits per heavy atom. The Morgan fingerprint density at radius 3 is 2.62 bits per heavy atom. The van der Waals surface area contributed by atoms with E-state index < -0.39 is 11.5 Å². The van der Waals surface area contributed by atoms with Crippen LogP contribution in [0.4, 0.5) is 10.2 Å². The maximum Gasteiger partial charge on any atom is 0.355 e. The van der Waals surface area contributed by atoms with Crippen molar-refractivity contribution >= 4 is 22.8 Å². The van der Waals surface area contributed by atoms with Gasteiger partial charge in [-0.15, -0.1) is 0 Å². The third-order valence-electron chi connectivity index (χ3n) is 7.66. The maximum absolute atomic E-state index is 15.2. The predicted octanol–water partition coefficient (Wildman–Crippen LogP) is 4.82. The Labute approximate surface area is 243 Å². The van der Waals surface area contributed by atoms with Crippen molar-refractivity contribution in [2.24, 2.45) is 0 Å². The van der Waals surface area contributed by atoms with Gasteiger partial charge in [0, 0.05) is 37.4 Å². The molecule has 1 unspecified atom stereocenters. The lowest BCUT2D eigenvalue weighted by Crippen LogP contribution is -2.54. The first-order chi connectivity index (χ1) is 20.0. The molecule has 1 amide bonds. The van der Waals surface area contributed by atoms with Crippen LogP contribution in [0.2, 0.25) is 0 Å². The number of carbonyl (C=O) groups excluding carboxylic acids is 1. The van der Waals surface area contributed by atoms with Crippen molar-refractivity contribution in [2.45, 2.75) is 46.6 Å². The standard InChI is InChI=1S/C32H32FN7O2/c1-7-26(41)38-12-13-39(21(6)17-38)30-24-15-22(16-34)28(23-14-19(4)8-9-25(23)33)36-31(24)40(32(42)37-30)29-20(5)10-11-35-27(29)18(2)3/h7-11,14-15,18,21H,1,12-13,17H2,2-6H3. The van der Waals surface area contributed by atoms with E-state index in [1.54, 1.807) is 29.3 Å². The second-order valence-electron chi connectivity index (χ2n) is 11.0. The zero-order valence-electron chi connectivity index (χ0n) is 24.3. The highest BCUT2D eigenvalue weighted by molar-refractivity contribution is 5.93. The van der Waals surface area contributed by atoms with Gasteiger partial charge in [-0.05, 0) is 62.6 Å². The molecular weight excluding hydrogens is 533 g/mol. The highest BCUT2D eigenvalue weighted by atomic mass is 19.1. The van der Waals surface area contributed by atoms with E-state index in [4.69, 9.17) is 4.98 Å². The summed E-state index contributed by atoms with van der Waals surface area (Å²) in [4.78, 5) is 43.9. The number of aryl methyl sites for hydroxylation is 2. The number of pyridine rings is 2. The Kier molecular flexibility index (Phi) is 7.61. The van der Waals surface area contributed by atoms with Crippen molar-refractivity contribution in [1.29, 1.82) is 5.26 Å². The summed E-state index contributed by atoms with van der Waals surface area (Å²) in [6, 6.07) is 10.1. The fourth-order valence-electron chi connectivity index (χ4n) is 5.55. The van der Waals surface area contributed by atoms with Gasteiger partial charge < -0.3 is 9.80 Å². The lowest BCUT2D eigenvalue weighted by atomic mass is 10.0. The van der Waals surface area contributed by atoms with E-state index in [9.17, 15) is 14.9 Å². The summed E-state index contributed by atoms with van der Waals surface area (Å²) in [5.41, 5.74) is 2.98. The van der Waals surface area contributed by atoms with Gasteiger partial charge in [0.05, 0.1) is 28.0 Å². The van der Waals surface area contributed by atoms with E-state index in [0.29, 0.717) is 42.2 Å². The van der Waals surface area contributed by atoms with Gasteiger partial charge in [0.15, 0.2) is 5.65 Å². The van der Waals surface area contributed by atoms with E-state index in [2.05, 4.69) is 22.6 Å². The summed E-state index contributed by atoms with van der Waals surface area (Å²) in [5.74, 6) is -0.355. The molecule has 9 nitrogen and oxygen atoms in total. The molecule has 1 aliphatic heterocycles. The van der Waals surface area contributed by atoms with Crippen LogP contribution >= 0.6 is 0 Å². The topological polar surface area (TPSA) is 108 Å². The fraction of sp³-hybridized carbons (Fsp3) is 0.312. The van der Waals surface area contributed by atoms with Gasteiger partial charge in [0.2, 0.25) is 5.91 Å². The molecule has 214 valence electrons. The number of nitrogens with zero attached hydrogens (tertiary/aromatic N) is 7. The summed E-state index contributed by atoms with van der Waals surface area (Å²) in [7, 11) is 0. The Bertz CT molecular complexity index is 1840. The highest BCUT2D eigenvalue weighted by Crippen LogP contribution is 2.34. The van der Waals surface area contributed by atoms with Crippen LogP contribution in [-0.2, 0) is 4.79 Å². The Balaban J connectivity index is 1.86. The quantitative estimate of drug-likeness (QED) is 0.319. The fourth-order valence-corrected chi connectivity index (χ4v) is 5.55. The molecule has 10 heteroatoms. The molecule has 5 rings (SSSR count). The Hall–Kier alpha value is -4.91. The first-order valence-corrected chi connectivity index (χ1v) is 13.8. The molecule has 42 heavy (non-hydrogen) atoms. The predicted molar refractivity (Wildman–Crippen MR) is 160 cm³/mol. The largest absolute Gasteiger partial charge is 0.355 e. The first kappa shape index (κ1) is 28.6. The second-order valence-corrected chi connectivity index (χ2v) is 11.0. The van der Waals surface area contributed by atoms with E-state index in [1.807, 2.05) is 45.6 Å². The summed E-state index contributed by atoms with van der Waals surface area (Å²) < 4.78 is 16.6. The van der Waals surface area contributed by atoms with Crippen LogP contribution in [0, 0.1) is 31.0 Å². The van der Waals surface area contributed by atoms with Gasteiger partial charge in [-0.3, -0.25) is 9.78 Å². The normalized spacial score (nSPS) is 15.2. The molecule has 4 heterocycles. The van der Waals surface area contributed by atoms with Gasteiger partial charge in [-0.25, -0.2) is 18.7 Å². The highest BCUT2D eigenvalue weighted by Gasteiger charge is 2.30. The molecule has 1 saturated heterocycles. The molecule has 0 spiro atoms. The van der Waals surface area contributed by atoms with Crippen LogP contribution in [0.5, 0.6) is 0 Å². The van der Waals surface area contributed by atoms with E-state index in [0.717, 1.165) is 11.1 Å². The molecule has 0 aliphatic carbocycles. The molecule has 1 atom stereocenters. The molecule has 3 aromatic heterocycles. The molecule has 0 N–H and O–H groups in total. The van der Waals surface area contributed by atoms with Crippen LogP contribution in [0.3, 0.4) is 0 Å². The third kappa shape index (κ3) is 4.91. The van der Waals surface area contributed by atoms with Gasteiger partial charge >= 0.3 is 5.69 Å². The number of benzene rings is 1. The first-order valence-electron chi connectivity index (χ1n) is 13.8. The number of piperazine rings is 1. The number of carbonyl (C=O) groups is 1. The number of fused-ring (bicyclic) bond motifs is 1. The molecule has 1 aromatic carbocycles. The monoisotopic (exact) mass is 565 g/mol. The van der Waals surface area contributed by atoms with Crippen molar-refractivity contribution in [3.05, 3.63) is 87.9 Å². The third-order valence-corrected chi connectivity index (χ3v) is 7.66. The lowest BCUT2D eigenvalue weighted by molar-refractivity contribution is -0.126. The summed E-state index contributed by atoms with van der Waals surface area (Å²) in [5, 5.41) is 10.7. The zero-order chi connectivity index (χ0) is 30.3. The number of hydrogen-bond acceptors (Lipinski definition) is 7. The van der Waals surface area contributed by atoms with Gasteiger partial charge in [0.1, 0.15) is 17.7 Å². The van der Waals surface area contributed by atoms with Crippen LogP contribution in [0.15, 0.2) is 54.0 Å². The summed E-state index contributed by atoms with van der Waals surface area (Å²) >= 11 is 0. The van der Waals surface area contributed by atoms with Crippen LogP contribution in [-0.4, -0.2) is 56.0 Å². The number of hydrogen-bond donors (Lipinski definition) is 0. The van der Waals surface area contributed by atoms with E-state index in [-0.39, 0.29) is 40.3 Å². The van der Waals surface area contributed by atoms with Gasteiger partial charge in [-0.1, -0.05) is 32.1 Å². The number of rotatable bonds is 5. The van der Waals surface area contributed by atoms with Crippen LogP contribution in [0.1, 0.15) is 49.1 Å². The summed E-state index contributed by atoms with van der Waals surface area (Å²) in [6.07, 6.45) is 2.98. The summed E-state index contributed by atoms with van der Waals surface area (Å²) in [6.45, 7) is 14.4. The van der Waals surface area contributed by atoms with Crippen molar-refractivity contribution in [2.75, 3.05) is 24.5 Å². The molecule has 0 radical (unpaired) electrons. The maximum atomic E-state index is 15.2. The van der Waals surface area contributed by atoms with E-state index in [1.165, 1.54) is 16.7 Å². The van der Waals surface area contributed by atoms with Crippen molar-refractivity contribution in [3.8, 4) is 23.0 Å². The van der Waals surface area contributed by atoms with Crippen molar-refractivity contribution < 1.29 is 9.18 Å². The molecule has 0 saturated carbocycles. The minimum absolute atomic E-state index is 0.0240. The van der Waals surface area contributed by atoms with Crippen LogP contribution in [0.25, 0.3) is 28.0 Å². The number of aromatic nitrogens is 4. The number of halogens is 1. The van der Waals surface area contributed by atoms with Gasteiger partial charge in [-0.2, -0.15) is 10.2 Å². The molecule has 1 aliphatic rings. The number of amides is 1.